The average Bonchev–Trinajstić information content (AvgIpc) is 2.11. The van der Waals surface area contributed by atoms with Crippen LogP contribution in [0.3, 0.4) is 0 Å². The Hall–Kier alpha value is -1.05. The van der Waals surface area contributed by atoms with Gasteiger partial charge in [-0.3, -0.25) is 4.79 Å². The maximum Gasteiger partial charge on any atom is 0.161 e. The minimum Gasteiger partial charge on any atom is -0.398 e. The number of nitrogens with two attached hydrogens (primary N) is 1. The number of hydrogen-bond donors (Lipinski definition) is 1. The summed E-state index contributed by atoms with van der Waals surface area (Å²) in [5.41, 5.74) is 6.92. The summed E-state index contributed by atoms with van der Waals surface area (Å²) in [6, 6.07) is 0. The topological polar surface area (TPSA) is 43.1 Å². The highest BCUT2D eigenvalue weighted by atomic mass is 16.1. The lowest BCUT2D eigenvalue weighted by atomic mass is 10.0. The second kappa shape index (κ2) is 5.57. The summed E-state index contributed by atoms with van der Waals surface area (Å²) in [6.45, 7) is 7.55. The van der Waals surface area contributed by atoms with Crippen LogP contribution in [0.2, 0.25) is 0 Å². The van der Waals surface area contributed by atoms with E-state index >= 15 is 0 Å². The summed E-state index contributed by atoms with van der Waals surface area (Å²) in [6.07, 6.45) is 4.72. The molecule has 0 fully saturated rings. The van der Waals surface area contributed by atoms with Gasteiger partial charge in [-0.1, -0.05) is 32.4 Å². The van der Waals surface area contributed by atoms with Crippen LogP contribution in [0.1, 0.15) is 34.1 Å². The zero-order valence-corrected chi connectivity index (χ0v) is 8.92. The van der Waals surface area contributed by atoms with Crippen LogP contribution in [-0.4, -0.2) is 5.78 Å². The van der Waals surface area contributed by atoms with E-state index in [2.05, 4.69) is 13.8 Å². The first-order chi connectivity index (χ1) is 6.02. The van der Waals surface area contributed by atoms with Crippen molar-refractivity contribution in [3.8, 4) is 0 Å². The molecule has 1 atom stereocenters. The first-order valence-corrected chi connectivity index (χ1v) is 4.67. The Morgan fingerprint density at radius 3 is 2.38 bits per heavy atom. The van der Waals surface area contributed by atoms with E-state index in [0.29, 0.717) is 17.2 Å². The van der Waals surface area contributed by atoms with Crippen molar-refractivity contribution >= 4 is 5.78 Å². The summed E-state index contributed by atoms with van der Waals surface area (Å²) < 4.78 is 0. The molecule has 0 aromatic carbocycles. The molecular formula is C11H19NO. The summed E-state index contributed by atoms with van der Waals surface area (Å²) in [5.74, 6) is 0.438. The van der Waals surface area contributed by atoms with E-state index in [4.69, 9.17) is 5.73 Å². The molecule has 2 heteroatoms. The van der Waals surface area contributed by atoms with Gasteiger partial charge in [-0.15, -0.1) is 0 Å². The van der Waals surface area contributed by atoms with Crippen molar-refractivity contribution in [2.75, 3.05) is 0 Å². The van der Waals surface area contributed by atoms with E-state index in [0.717, 1.165) is 6.42 Å². The molecule has 0 aromatic heterocycles. The molecule has 13 heavy (non-hydrogen) atoms. The van der Waals surface area contributed by atoms with Gasteiger partial charge in [-0.05, 0) is 19.8 Å². The van der Waals surface area contributed by atoms with Crippen LogP contribution in [0.5, 0.6) is 0 Å². The average molecular weight is 181 g/mol. The smallest absolute Gasteiger partial charge is 0.161 e. The third-order valence-electron chi connectivity index (χ3n) is 2.10. The van der Waals surface area contributed by atoms with Crippen molar-refractivity contribution in [1.29, 1.82) is 0 Å². The Morgan fingerprint density at radius 1 is 1.54 bits per heavy atom. The Balaban J connectivity index is 4.81. The van der Waals surface area contributed by atoms with Crippen LogP contribution in [0, 0.1) is 5.92 Å². The van der Waals surface area contributed by atoms with Gasteiger partial charge in [-0.25, -0.2) is 0 Å². The van der Waals surface area contributed by atoms with Gasteiger partial charge in [0.25, 0.3) is 0 Å². The third-order valence-corrected chi connectivity index (χ3v) is 2.10. The van der Waals surface area contributed by atoms with Crippen LogP contribution in [0.15, 0.2) is 23.4 Å². The van der Waals surface area contributed by atoms with Crippen LogP contribution < -0.4 is 5.73 Å². The Morgan fingerprint density at radius 2 is 2.08 bits per heavy atom. The van der Waals surface area contributed by atoms with Crippen molar-refractivity contribution in [2.45, 2.75) is 34.1 Å². The van der Waals surface area contributed by atoms with Gasteiger partial charge in [0.15, 0.2) is 5.78 Å². The van der Waals surface area contributed by atoms with Crippen LogP contribution >= 0.6 is 0 Å². The molecule has 0 aromatic rings. The van der Waals surface area contributed by atoms with Crippen LogP contribution in [0.25, 0.3) is 0 Å². The van der Waals surface area contributed by atoms with E-state index in [-0.39, 0.29) is 5.78 Å². The van der Waals surface area contributed by atoms with E-state index in [1.165, 1.54) is 0 Å². The zero-order valence-electron chi connectivity index (χ0n) is 8.92. The number of rotatable bonds is 4. The highest BCUT2D eigenvalue weighted by Gasteiger charge is 2.07. The predicted octanol–water partition coefficient (Wildman–Crippen LogP) is 2.41. The summed E-state index contributed by atoms with van der Waals surface area (Å²) in [7, 11) is 0. The first-order valence-electron chi connectivity index (χ1n) is 4.67. The molecule has 0 rings (SSSR count). The van der Waals surface area contributed by atoms with Gasteiger partial charge in [0.2, 0.25) is 0 Å². The lowest BCUT2D eigenvalue weighted by molar-refractivity contribution is -0.113. The monoisotopic (exact) mass is 181 g/mol. The number of carbonyl (C=O) groups excluding carboxylic acids is 1. The number of hydrogen-bond acceptors (Lipinski definition) is 2. The molecule has 0 amide bonds. The molecule has 0 aliphatic rings. The fraction of sp³-hybridized carbons (Fsp3) is 0.545. The SMILES string of the molecule is C/C=C(N)\C(=C/C(C)CC)C(C)=O. The normalized spacial score (nSPS) is 15.7. The fourth-order valence-electron chi connectivity index (χ4n) is 0.975. The summed E-state index contributed by atoms with van der Waals surface area (Å²) in [4.78, 5) is 11.2. The molecule has 2 N–H and O–H groups in total. The second-order valence-corrected chi connectivity index (χ2v) is 3.27. The Labute approximate surface area is 80.5 Å². The maximum atomic E-state index is 11.2. The standard InChI is InChI=1S/C11H19NO/c1-5-8(3)7-10(9(4)13)11(12)6-2/h6-8H,5,12H2,1-4H3/b10-7-,11-6+. The summed E-state index contributed by atoms with van der Waals surface area (Å²) >= 11 is 0. The molecule has 2 nitrogen and oxygen atoms in total. The third kappa shape index (κ3) is 3.92. The molecule has 0 saturated carbocycles. The predicted molar refractivity (Wildman–Crippen MR) is 56.2 cm³/mol. The lowest BCUT2D eigenvalue weighted by Crippen LogP contribution is -2.09. The maximum absolute atomic E-state index is 11.2. The molecule has 0 bridgehead atoms. The van der Waals surface area contributed by atoms with Gasteiger partial charge >= 0.3 is 0 Å². The van der Waals surface area contributed by atoms with Crippen molar-refractivity contribution in [1.82, 2.24) is 0 Å². The molecule has 0 aliphatic carbocycles. The van der Waals surface area contributed by atoms with Gasteiger partial charge in [-0.2, -0.15) is 0 Å². The molecular weight excluding hydrogens is 162 g/mol. The number of allylic oxidation sites excluding steroid dienone is 3. The summed E-state index contributed by atoms with van der Waals surface area (Å²) in [5, 5.41) is 0. The van der Waals surface area contributed by atoms with Gasteiger partial charge in [0.1, 0.15) is 0 Å². The fourth-order valence-corrected chi connectivity index (χ4v) is 0.975. The van der Waals surface area contributed by atoms with Gasteiger partial charge < -0.3 is 5.73 Å². The second-order valence-electron chi connectivity index (χ2n) is 3.27. The largest absolute Gasteiger partial charge is 0.398 e. The number of ketones is 1. The Bertz CT molecular complexity index is 238. The van der Waals surface area contributed by atoms with E-state index in [1.807, 2.05) is 13.0 Å². The first kappa shape index (κ1) is 11.9. The molecule has 1 unspecified atom stereocenters. The van der Waals surface area contributed by atoms with Crippen molar-refractivity contribution in [3.05, 3.63) is 23.4 Å². The van der Waals surface area contributed by atoms with Crippen molar-refractivity contribution in [3.63, 3.8) is 0 Å². The minimum atomic E-state index is 0.0379. The van der Waals surface area contributed by atoms with Crippen molar-refractivity contribution in [2.24, 2.45) is 11.7 Å². The molecule has 0 heterocycles. The lowest BCUT2D eigenvalue weighted by Gasteiger charge is -2.07. The van der Waals surface area contributed by atoms with Crippen LogP contribution in [0.4, 0.5) is 0 Å². The van der Waals surface area contributed by atoms with Gasteiger partial charge in [0.05, 0.1) is 0 Å². The van der Waals surface area contributed by atoms with Crippen LogP contribution in [-0.2, 0) is 4.79 Å². The molecule has 0 radical (unpaired) electrons. The molecule has 0 saturated heterocycles. The number of Topliss-reactive ketones (excluding diaryl/α,β-unsaturated/α-hetero) is 1. The molecule has 74 valence electrons. The quantitative estimate of drug-likeness (QED) is 0.534. The van der Waals surface area contributed by atoms with Gasteiger partial charge in [0, 0.05) is 11.3 Å². The highest BCUT2D eigenvalue weighted by molar-refractivity contribution is 5.97. The van der Waals surface area contributed by atoms with E-state index < -0.39 is 0 Å². The molecule has 0 spiro atoms. The van der Waals surface area contributed by atoms with E-state index in [1.54, 1.807) is 13.0 Å². The molecule has 0 aliphatic heterocycles. The number of carbonyl (C=O) groups is 1. The highest BCUT2D eigenvalue weighted by Crippen LogP contribution is 2.12. The zero-order chi connectivity index (χ0) is 10.4. The minimum absolute atomic E-state index is 0.0379. The van der Waals surface area contributed by atoms with E-state index in [9.17, 15) is 4.79 Å². The Kier molecular flexibility index (Phi) is 5.12. The van der Waals surface area contributed by atoms with Crippen molar-refractivity contribution < 1.29 is 4.79 Å².